The zero-order valence-corrected chi connectivity index (χ0v) is 19.8. The van der Waals surface area contributed by atoms with Gasteiger partial charge in [0.2, 0.25) is 5.91 Å². The lowest BCUT2D eigenvalue weighted by atomic mass is 9.80. The number of allylic oxidation sites excluding steroid dienone is 1. The summed E-state index contributed by atoms with van der Waals surface area (Å²) in [5, 5.41) is 6.25. The van der Waals surface area contributed by atoms with Crippen molar-refractivity contribution < 1.29 is 18.4 Å². The van der Waals surface area contributed by atoms with Crippen molar-refractivity contribution >= 4 is 11.8 Å². The maximum absolute atomic E-state index is 14.1. The van der Waals surface area contributed by atoms with Crippen molar-refractivity contribution in [3.8, 4) is 0 Å². The Balaban J connectivity index is 1.26. The van der Waals surface area contributed by atoms with Crippen LogP contribution in [0.1, 0.15) is 65.6 Å². The van der Waals surface area contributed by atoms with E-state index in [1.807, 2.05) is 12.1 Å². The second-order valence-corrected chi connectivity index (χ2v) is 10.0. The molecular weight excluding hydrogens is 448 g/mol. The summed E-state index contributed by atoms with van der Waals surface area (Å²) in [4.78, 5) is 27.1. The SMILES string of the molecule is C=C1CCC(N2Cc3cc(C[C@H]4CCCC[C@@H]4NCc4cc(F)ccc4F)ccc3C2=O)C(=O)N1. The van der Waals surface area contributed by atoms with Crippen molar-refractivity contribution in [3.63, 3.8) is 0 Å². The second-order valence-electron chi connectivity index (χ2n) is 10.0. The molecule has 5 nitrogen and oxygen atoms in total. The molecule has 184 valence electrons. The summed E-state index contributed by atoms with van der Waals surface area (Å²) in [5.41, 5.74) is 3.85. The van der Waals surface area contributed by atoms with Crippen molar-refractivity contribution in [2.75, 3.05) is 0 Å². The van der Waals surface area contributed by atoms with Gasteiger partial charge in [-0.3, -0.25) is 9.59 Å². The Hall–Kier alpha value is -3.06. The highest BCUT2D eigenvalue weighted by Crippen LogP contribution is 2.32. The number of carbonyl (C=O) groups excluding carboxylic acids is 2. The van der Waals surface area contributed by atoms with E-state index in [4.69, 9.17) is 0 Å². The quantitative estimate of drug-likeness (QED) is 0.637. The number of hydrogen-bond donors (Lipinski definition) is 2. The summed E-state index contributed by atoms with van der Waals surface area (Å²) in [6.45, 7) is 4.56. The number of nitrogens with one attached hydrogen (secondary N) is 2. The minimum Gasteiger partial charge on any atom is -0.329 e. The minimum atomic E-state index is -0.459. The van der Waals surface area contributed by atoms with Gasteiger partial charge in [0.1, 0.15) is 17.7 Å². The van der Waals surface area contributed by atoms with Crippen molar-refractivity contribution in [2.24, 2.45) is 5.92 Å². The molecule has 3 atom stereocenters. The van der Waals surface area contributed by atoms with Gasteiger partial charge in [-0.25, -0.2) is 8.78 Å². The Kier molecular flexibility index (Phi) is 6.69. The van der Waals surface area contributed by atoms with Gasteiger partial charge in [0.05, 0.1) is 0 Å². The van der Waals surface area contributed by atoms with Gasteiger partial charge in [0, 0.05) is 36.0 Å². The molecule has 1 saturated carbocycles. The fourth-order valence-electron chi connectivity index (χ4n) is 5.78. The van der Waals surface area contributed by atoms with Crippen LogP contribution in [0.25, 0.3) is 0 Å². The molecule has 2 aromatic rings. The molecule has 35 heavy (non-hydrogen) atoms. The molecule has 5 rings (SSSR count). The first kappa shape index (κ1) is 23.7. The minimum absolute atomic E-state index is 0.0893. The van der Waals surface area contributed by atoms with Crippen molar-refractivity contribution in [1.82, 2.24) is 15.5 Å². The van der Waals surface area contributed by atoms with Gasteiger partial charge in [-0.1, -0.05) is 31.6 Å². The number of nitrogens with zero attached hydrogens (tertiary/aromatic N) is 1. The van der Waals surface area contributed by atoms with E-state index in [9.17, 15) is 18.4 Å². The third-order valence-corrected chi connectivity index (χ3v) is 7.67. The fourth-order valence-corrected chi connectivity index (χ4v) is 5.78. The third kappa shape index (κ3) is 5.01. The highest BCUT2D eigenvalue weighted by molar-refractivity contribution is 6.01. The highest BCUT2D eigenvalue weighted by Gasteiger charge is 2.38. The Labute approximate surface area is 204 Å². The van der Waals surface area contributed by atoms with Crippen LogP contribution in [0.2, 0.25) is 0 Å². The molecule has 0 aromatic heterocycles. The van der Waals surface area contributed by atoms with Gasteiger partial charge in [-0.05, 0) is 73.4 Å². The van der Waals surface area contributed by atoms with Gasteiger partial charge in [0.25, 0.3) is 5.91 Å². The van der Waals surface area contributed by atoms with Gasteiger partial charge in [0.15, 0.2) is 0 Å². The van der Waals surface area contributed by atoms with E-state index in [2.05, 4.69) is 23.3 Å². The van der Waals surface area contributed by atoms with E-state index < -0.39 is 17.7 Å². The lowest BCUT2D eigenvalue weighted by molar-refractivity contribution is -0.126. The number of piperidine rings is 1. The first-order chi connectivity index (χ1) is 16.9. The maximum Gasteiger partial charge on any atom is 0.255 e. The monoisotopic (exact) mass is 479 g/mol. The molecule has 2 heterocycles. The molecule has 2 aromatic carbocycles. The number of fused-ring (bicyclic) bond motifs is 1. The number of carbonyl (C=O) groups is 2. The van der Waals surface area contributed by atoms with Gasteiger partial charge < -0.3 is 15.5 Å². The maximum atomic E-state index is 14.1. The van der Waals surface area contributed by atoms with E-state index in [1.54, 1.807) is 4.90 Å². The van der Waals surface area contributed by atoms with Crippen LogP contribution in [0.5, 0.6) is 0 Å². The summed E-state index contributed by atoms with van der Waals surface area (Å²) >= 11 is 0. The number of halogens is 2. The largest absolute Gasteiger partial charge is 0.329 e. The van der Waals surface area contributed by atoms with Gasteiger partial charge in [-0.15, -0.1) is 0 Å². The fraction of sp³-hybridized carbons (Fsp3) is 0.429. The molecule has 0 radical (unpaired) electrons. The van der Waals surface area contributed by atoms with Crippen LogP contribution in [-0.2, 0) is 24.3 Å². The van der Waals surface area contributed by atoms with Crippen LogP contribution in [0.15, 0.2) is 48.7 Å². The molecule has 0 bridgehead atoms. The van der Waals surface area contributed by atoms with Crippen LogP contribution in [-0.4, -0.2) is 28.8 Å². The molecule has 2 aliphatic heterocycles. The molecule has 1 unspecified atom stereocenters. The number of rotatable bonds is 6. The lowest BCUT2D eigenvalue weighted by Crippen LogP contribution is -2.49. The number of hydrogen-bond acceptors (Lipinski definition) is 3. The number of amides is 2. The van der Waals surface area contributed by atoms with Crippen LogP contribution in [0.4, 0.5) is 8.78 Å². The van der Waals surface area contributed by atoms with Crippen LogP contribution in [0, 0.1) is 17.6 Å². The molecule has 0 spiro atoms. The molecule has 7 heteroatoms. The van der Waals surface area contributed by atoms with Crippen molar-refractivity contribution in [2.45, 2.75) is 70.1 Å². The summed E-state index contributed by atoms with van der Waals surface area (Å²) in [5.74, 6) is -0.695. The predicted molar refractivity (Wildman–Crippen MR) is 129 cm³/mol. The molecule has 2 N–H and O–H groups in total. The molecule has 1 aliphatic carbocycles. The van der Waals surface area contributed by atoms with Gasteiger partial charge >= 0.3 is 0 Å². The zero-order chi connectivity index (χ0) is 24.5. The lowest BCUT2D eigenvalue weighted by Gasteiger charge is -2.33. The summed E-state index contributed by atoms with van der Waals surface area (Å²) < 4.78 is 27.6. The van der Waals surface area contributed by atoms with E-state index in [0.717, 1.165) is 49.3 Å². The Bertz CT molecular complexity index is 1160. The summed E-state index contributed by atoms with van der Waals surface area (Å²) in [6.07, 6.45) is 6.46. The number of benzene rings is 2. The normalized spacial score (nSPS) is 24.5. The molecule has 1 saturated heterocycles. The van der Waals surface area contributed by atoms with E-state index in [-0.39, 0.29) is 17.9 Å². The van der Waals surface area contributed by atoms with Crippen LogP contribution in [0.3, 0.4) is 0 Å². The molecule has 2 amide bonds. The molecule has 2 fully saturated rings. The first-order valence-corrected chi connectivity index (χ1v) is 12.5. The van der Waals surface area contributed by atoms with Crippen LogP contribution < -0.4 is 10.6 Å². The second kappa shape index (κ2) is 9.90. The Morgan fingerprint density at radius 3 is 2.71 bits per heavy atom. The van der Waals surface area contributed by atoms with Crippen LogP contribution >= 0.6 is 0 Å². The Morgan fingerprint density at radius 1 is 1.06 bits per heavy atom. The van der Waals surface area contributed by atoms with Crippen molar-refractivity contribution in [1.29, 1.82) is 0 Å². The standard InChI is InChI=1S/C28H31F2N3O2/c1-17-6-11-26(27(34)32-17)33-16-21-13-18(7-9-23(21)28(33)35)12-19-4-2-3-5-25(19)31-15-20-14-22(29)8-10-24(20)30/h7-10,13-14,19,25-26,31H,1-6,11-12,15-16H2,(H,32,34)/t19-,25+,26?/m1/s1. The summed E-state index contributed by atoms with van der Waals surface area (Å²) in [7, 11) is 0. The topological polar surface area (TPSA) is 61.4 Å². The predicted octanol–water partition coefficient (Wildman–Crippen LogP) is 4.60. The molecular formula is C28H31F2N3O2. The highest BCUT2D eigenvalue weighted by atomic mass is 19.1. The van der Waals surface area contributed by atoms with Gasteiger partial charge in [-0.2, -0.15) is 0 Å². The summed E-state index contributed by atoms with van der Waals surface area (Å²) in [6, 6.07) is 9.33. The van der Waals surface area contributed by atoms with Crippen molar-refractivity contribution in [3.05, 3.63) is 82.6 Å². The third-order valence-electron chi connectivity index (χ3n) is 7.67. The Morgan fingerprint density at radius 2 is 1.89 bits per heavy atom. The zero-order valence-electron chi connectivity index (χ0n) is 19.8. The van der Waals surface area contributed by atoms with E-state index in [0.29, 0.717) is 48.7 Å². The average Bonchev–Trinajstić information content (AvgIpc) is 3.16. The smallest absolute Gasteiger partial charge is 0.255 e. The molecule has 3 aliphatic rings. The van der Waals surface area contributed by atoms with E-state index in [1.165, 1.54) is 12.1 Å². The average molecular weight is 480 g/mol. The first-order valence-electron chi connectivity index (χ1n) is 12.5. The van der Waals surface area contributed by atoms with E-state index >= 15 is 0 Å².